The second kappa shape index (κ2) is 33.4. The molecule has 0 saturated carbocycles. The van der Waals surface area contributed by atoms with Crippen molar-refractivity contribution in [2.45, 2.75) is 11.8 Å². The minimum atomic E-state index is -3.30. The highest BCUT2D eigenvalue weighted by atomic mass is 79.9. The van der Waals surface area contributed by atoms with E-state index >= 15 is 0 Å². The average molecular weight is 1750 g/mol. The van der Waals surface area contributed by atoms with Crippen LogP contribution in [0.2, 0.25) is 0 Å². The number of halogens is 4. The van der Waals surface area contributed by atoms with Gasteiger partial charge in [0.2, 0.25) is 0 Å². The summed E-state index contributed by atoms with van der Waals surface area (Å²) in [6.45, 7) is 0. The predicted octanol–water partition coefficient (Wildman–Crippen LogP) is 17.9. The lowest BCUT2D eigenvalue weighted by atomic mass is 9.73. The first kappa shape index (κ1) is 73.6. The van der Waals surface area contributed by atoms with Gasteiger partial charge in [0, 0.05) is 11.8 Å². The van der Waals surface area contributed by atoms with Crippen LogP contribution in [0.25, 0.3) is 0 Å². The highest BCUT2D eigenvalue weighted by molar-refractivity contribution is 9.11. The Balaban J connectivity index is 0.917. The highest BCUT2D eigenvalue weighted by Gasteiger charge is 2.49. The van der Waals surface area contributed by atoms with Crippen LogP contribution in [0, 0.1) is 0 Å². The molecule has 12 heteroatoms. The highest BCUT2D eigenvalue weighted by Crippen LogP contribution is 2.49. The van der Waals surface area contributed by atoms with E-state index in [2.05, 4.69) is 500 Å². The van der Waals surface area contributed by atoms with Crippen molar-refractivity contribution in [3.63, 3.8) is 0 Å². The van der Waals surface area contributed by atoms with Crippen LogP contribution in [0.15, 0.2) is 455 Å². The van der Waals surface area contributed by atoms with Crippen LogP contribution in [0.1, 0.15) is 34.1 Å². The molecule has 0 spiro atoms. The Labute approximate surface area is 682 Å². The third-order valence-corrected chi connectivity index (χ3v) is 39.1. The Hall–Kier alpha value is -10.5. The molecule has 110 heavy (non-hydrogen) atoms. The fraction of sp³-hybridized carbons (Fsp3) is 0.0204. The zero-order chi connectivity index (χ0) is 74.8. The van der Waals surface area contributed by atoms with Gasteiger partial charge >= 0.3 is 33.3 Å². The molecule has 0 unspecified atom stereocenters. The molecule has 0 heterocycles. The quantitative estimate of drug-likeness (QED) is 0.0422. The molecule has 534 valence electrons. The maximum atomic E-state index is 7.92. The molecule has 0 radical (unpaired) electrons. The molecule has 0 saturated heterocycles. The first-order chi connectivity index (χ1) is 54.2. The fourth-order valence-electron chi connectivity index (χ4n) is 15.8. The summed E-state index contributed by atoms with van der Waals surface area (Å²) < 4.78 is 34.9. The van der Waals surface area contributed by atoms with E-state index < -0.39 is 45.1 Å². The van der Waals surface area contributed by atoms with Gasteiger partial charge in [0.25, 0.3) is 0 Å². The van der Waals surface area contributed by atoms with Gasteiger partial charge in [-0.2, -0.15) is 0 Å². The topological polar surface area (TPSA) is 36.9 Å². The number of hydrogen-bond donors (Lipinski definition) is 0. The van der Waals surface area contributed by atoms with E-state index in [-0.39, 0.29) is 0 Å². The summed E-state index contributed by atoms with van der Waals surface area (Å²) in [6, 6.07) is 156. The van der Waals surface area contributed by atoms with Gasteiger partial charge in [0.1, 0.15) is 23.0 Å². The molecule has 4 nitrogen and oxygen atoms in total. The van der Waals surface area contributed by atoms with Gasteiger partial charge in [-0.1, -0.05) is 388 Å². The van der Waals surface area contributed by atoms with Gasteiger partial charge in [0.05, 0.1) is 17.9 Å². The zero-order valence-electron chi connectivity index (χ0n) is 59.9. The zero-order valence-corrected chi connectivity index (χ0v) is 70.2. The van der Waals surface area contributed by atoms with Gasteiger partial charge < -0.3 is 17.7 Å². The lowest BCUT2D eigenvalue weighted by molar-refractivity contribution is 0.567. The molecule has 0 aliphatic heterocycles. The van der Waals surface area contributed by atoms with Crippen LogP contribution in [-0.4, -0.2) is 33.3 Å². The Bertz CT molecular complexity index is 4620. The molecule has 16 aromatic carbocycles. The molecule has 0 N–H and O–H groups in total. The molecule has 0 aliphatic carbocycles. The molecule has 16 rings (SSSR count). The van der Waals surface area contributed by atoms with Crippen LogP contribution in [0.5, 0.6) is 23.0 Å². The van der Waals surface area contributed by atoms with E-state index in [0.29, 0.717) is 0 Å². The molecule has 0 atom stereocenters. The minimum absolute atomic E-state index is 0.417. The van der Waals surface area contributed by atoms with Crippen LogP contribution in [0.3, 0.4) is 0 Å². The minimum Gasteiger partial charge on any atom is -0.529 e. The van der Waals surface area contributed by atoms with Crippen molar-refractivity contribution >= 4 is 159 Å². The van der Waals surface area contributed by atoms with Crippen molar-refractivity contribution in [1.29, 1.82) is 0 Å². The van der Waals surface area contributed by atoms with Gasteiger partial charge in [-0.3, -0.25) is 0 Å². The van der Waals surface area contributed by atoms with E-state index in [0.717, 1.165) is 125 Å². The molecule has 0 amide bonds. The summed E-state index contributed by atoms with van der Waals surface area (Å²) in [7, 11) is -13.2. The van der Waals surface area contributed by atoms with E-state index in [4.69, 9.17) is 17.7 Å². The van der Waals surface area contributed by atoms with E-state index in [1.165, 1.54) is 0 Å². The van der Waals surface area contributed by atoms with Crippen molar-refractivity contribution in [3.8, 4) is 23.0 Å². The third-order valence-electron chi connectivity index (χ3n) is 20.8. The summed E-state index contributed by atoms with van der Waals surface area (Å²) in [6.07, 6.45) is 0. The maximum absolute atomic E-state index is 7.92. The van der Waals surface area contributed by atoms with Crippen molar-refractivity contribution in [3.05, 3.63) is 477 Å². The number of hydrogen-bond acceptors (Lipinski definition) is 4. The van der Waals surface area contributed by atoms with Gasteiger partial charge in [0.15, 0.2) is 0 Å². The second-order valence-corrected chi connectivity index (χ2v) is 43.9. The van der Waals surface area contributed by atoms with Crippen LogP contribution in [0.4, 0.5) is 0 Å². The van der Waals surface area contributed by atoms with E-state index in [1.54, 1.807) is 0 Å². The lowest BCUT2D eigenvalue weighted by Gasteiger charge is -2.36. The normalized spacial score (nSPS) is 11.8. The summed E-state index contributed by atoms with van der Waals surface area (Å²) in [4.78, 5) is 0. The van der Waals surface area contributed by atoms with Crippen molar-refractivity contribution in [2.24, 2.45) is 0 Å². The lowest BCUT2D eigenvalue weighted by Crippen LogP contribution is -2.71. The second-order valence-electron chi connectivity index (χ2n) is 27.2. The molecule has 0 fully saturated rings. The fourth-order valence-corrected chi connectivity index (χ4v) is 33.7. The Morgan fingerprint density at radius 1 is 0.155 bits per heavy atom. The van der Waals surface area contributed by atoms with Crippen LogP contribution >= 0.6 is 63.7 Å². The van der Waals surface area contributed by atoms with Gasteiger partial charge in [-0.15, -0.1) is 0 Å². The number of benzene rings is 16. The smallest absolute Gasteiger partial charge is 0.346 e. The Kier molecular flexibility index (Phi) is 22.3. The molecule has 0 aliphatic rings. The standard InChI is InChI=1S/C98H74Br4O4Si4/c99-89-69-73(61-65-93(89)103-107(77-37-13-1-14-38-77,78-39-15-2-16-40-78)79-41-17-3-18-42-79)97(74-62-66-94(90(100)70-74)104-108(80-43-19-4-20-44-80,81-45-21-5-22-46-81)82-47-23-6-24-48-82)98(75-63-67-95(91(101)71-75)105-109(83-49-25-7-26-50-83,84-51-27-8-28-52-84)85-53-29-9-30-54-85)76-64-68-96(92(102)72-76)106-110(86-55-31-10-32-56-86,87-57-33-11-34-58-87)88-59-35-12-36-60-88/h1-72,97-98H. The molecular formula is C98H74Br4O4Si4. The van der Waals surface area contributed by atoms with Crippen LogP contribution < -0.4 is 79.9 Å². The average Bonchev–Trinajstić information content (AvgIpc) is 0.677. The Morgan fingerprint density at radius 2 is 0.273 bits per heavy atom. The first-order valence-electron chi connectivity index (χ1n) is 36.8. The molecule has 16 aromatic rings. The third kappa shape index (κ3) is 14.6. The van der Waals surface area contributed by atoms with Crippen molar-refractivity contribution in [1.82, 2.24) is 0 Å². The van der Waals surface area contributed by atoms with Crippen molar-refractivity contribution < 1.29 is 17.7 Å². The molecule has 0 bridgehead atoms. The monoisotopic (exact) mass is 1740 g/mol. The maximum Gasteiger partial charge on any atom is 0.346 e. The SMILES string of the molecule is Brc1cc(C(c2ccc(O[Si](c3ccccc3)(c3ccccc3)c3ccccc3)c(Br)c2)C(c2ccc(O[Si](c3ccccc3)(c3ccccc3)c3ccccc3)c(Br)c2)c2ccc(O[Si](c3ccccc3)(c3ccccc3)c3ccccc3)c(Br)c2)ccc1O[Si](c1ccccc1)(c1ccccc1)c1ccccc1. The van der Waals surface area contributed by atoms with E-state index in [1.807, 2.05) is 0 Å². The van der Waals surface area contributed by atoms with Crippen LogP contribution in [-0.2, 0) is 0 Å². The summed E-state index contributed by atoms with van der Waals surface area (Å²) in [5.74, 6) is 2.06. The summed E-state index contributed by atoms with van der Waals surface area (Å²) >= 11 is 17.2. The van der Waals surface area contributed by atoms with Gasteiger partial charge in [-0.25, -0.2) is 0 Å². The molecular weight excluding hydrogens is 1670 g/mol. The van der Waals surface area contributed by atoms with E-state index in [9.17, 15) is 0 Å². The van der Waals surface area contributed by atoms with Crippen molar-refractivity contribution in [2.75, 3.05) is 0 Å². The summed E-state index contributed by atoms with van der Waals surface area (Å²) in [5, 5.41) is 13.5. The molecule has 0 aromatic heterocycles. The largest absolute Gasteiger partial charge is 0.529 e. The Morgan fingerprint density at radius 3 is 0.382 bits per heavy atom. The predicted molar refractivity (Wildman–Crippen MR) is 479 cm³/mol. The van der Waals surface area contributed by atoms with Gasteiger partial charge in [-0.05, 0) is 197 Å². The number of rotatable bonds is 25. The first-order valence-corrected chi connectivity index (χ1v) is 47.6. The summed E-state index contributed by atoms with van der Waals surface area (Å²) in [5.41, 5.74) is 4.12.